The van der Waals surface area contributed by atoms with E-state index in [1.54, 1.807) is 66.9 Å². The standard InChI is InChI=1S/C29H26Cl2N4O5S/c30-22-9-8-21(25(31)16-22)17-33-29(37)27-18-34(28(36)19-40-23-6-2-1-3-7-23)13-14-35(27)41(38,39)24-10-11-26-20(15-24)5-4-12-32-26/h1-12,15-16,27H,13-14,17-19H2,(H,33,37). The number of para-hydroxylation sites is 1. The van der Waals surface area contributed by atoms with Crippen LogP contribution in [0.25, 0.3) is 10.9 Å². The molecule has 0 aliphatic carbocycles. The summed E-state index contributed by atoms with van der Waals surface area (Å²) in [5.41, 5.74) is 1.26. The molecule has 2 amide bonds. The highest BCUT2D eigenvalue weighted by Crippen LogP contribution is 2.26. The average molecular weight is 614 g/mol. The summed E-state index contributed by atoms with van der Waals surface area (Å²) in [5.74, 6) is -0.397. The second-order valence-corrected chi connectivity index (χ2v) is 12.1. The van der Waals surface area contributed by atoms with Gasteiger partial charge in [-0.2, -0.15) is 4.31 Å². The molecule has 1 aliphatic rings. The molecule has 0 saturated carbocycles. The first-order valence-corrected chi connectivity index (χ1v) is 15.0. The molecule has 5 rings (SSSR count). The number of ether oxygens (including phenoxy) is 1. The van der Waals surface area contributed by atoms with Crippen molar-refractivity contribution in [1.29, 1.82) is 0 Å². The number of nitrogens with one attached hydrogen (secondary N) is 1. The first kappa shape index (κ1) is 28.8. The zero-order valence-corrected chi connectivity index (χ0v) is 24.1. The molecule has 41 heavy (non-hydrogen) atoms. The molecule has 212 valence electrons. The van der Waals surface area contributed by atoms with Crippen LogP contribution in [-0.2, 0) is 26.2 Å². The monoisotopic (exact) mass is 612 g/mol. The number of pyridine rings is 1. The summed E-state index contributed by atoms with van der Waals surface area (Å²) in [4.78, 5) is 32.3. The highest BCUT2D eigenvalue weighted by molar-refractivity contribution is 7.89. The Kier molecular flexibility index (Phi) is 8.74. The molecular formula is C29H26Cl2N4O5S. The number of carbonyl (C=O) groups is 2. The van der Waals surface area contributed by atoms with Gasteiger partial charge >= 0.3 is 0 Å². The highest BCUT2D eigenvalue weighted by Gasteiger charge is 2.41. The van der Waals surface area contributed by atoms with Gasteiger partial charge in [0.2, 0.25) is 15.9 Å². The molecule has 2 heterocycles. The predicted octanol–water partition coefficient (Wildman–Crippen LogP) is 4.14. The van der Waals surface area contributed by atoms with Crippen molar-refractivity contribution in [2.24, 2.45) is 0 Å². The van der Waals surface area contributed by atoms with E-state index in [1.165, 1.54) is 17.0 Å². The molecule has 1 atom stereocenters. The van der Waals surface area contributed by atoms with Gasteiger partial charge in [-0.25, -0.2) is 8.42 Å². The van der Waals surface area contributed by atoms with Crippen LogP contribution < -0.4 is 10.1 Å². The fourth-order valence-corrected chi connectivity index (χ4v) is 6.64. The molecule has 1 saturated heterocycles. The van der Waals surface area contributed by atoms with E-state index in [0.29, 0.717) is 32.3 Å². The lowest BCUT2D eigenvalue weighted by atomic mass is 10.1. The number of halogens is 2. The third-order valence-corrected chi connectivity index (χ3v) is 9.23. The van der Waals surface area contributed by atoms with Crippen molar-refractivity contribution in [1.82, 2.24) is 19.5 Å². The molecule has 1 aliphatic heterocycles. The van der Waals surface area contributed by atoms with Crippen molar-refractivity contribution in [3.8, 4) is 5.75 Å². The van der Waals surface area contributed by atoms with E-state index in [0.717, 1.165) is 4.31 Å². The van der Waals surface area contributed by atoms with E-state index in [9.17, 15) is 18.0 Å². The number of carbonyl (C=O) groups excluding carboxylic acids is 2. The molecule has 1 aromatic heterocycles. The van der Waals surface area contributed by atoms with E-state index in [-0.39, 0.29) is 43.6 Å². The van der Waals surface area contributed by atoms with Crippen molar-refractivity contribution in [3.63, 3.8) is 0 Å². The van der Waals surface area contributed by atoms with Gasteiger partial charge in [0.05, 0.1) is 10.4 Å². The smallest absolute Gasteiger partial charge is 0.260 e. The van der Waals surface area contributed by atoms with Crippen LogP contribution in [0.5, 0.6) is 5.75 Å². The van der Waals surface area contributed by atoms with E-state index in [2.05, 4.69) is 10.3 Å². The molecule has 3 aromatic carbocycles. The van der Waals surface area contributed by atoms with Gasteiger partial charge in [-0.05, 0) is 54.1 Å². The summed E-state index contributed by atoms with van der Waals surface area (Å²) < 4.78 is 34.5. The van der Waals surface area contributed by atoms with Gasteiger partial charge in [-0.1, -0.05) is 53.5 Å². The third kappa shape index (κ3) is 6.62. The van der Waals surface area contributed by atoms with Gasteiger partial charge in [0, 0.05) is 47.8 Å². The minimum atomic E-state index is -4.12. The Morgan fingerprint density at radius 1 is 0.976 bits per heavy atom. The van der Waals surface area contributed by atoms with Crippen LogP contribution in [0.2, 0.25) is 10.0 Å². The number of fused-ring (bicyclic) bond motifs is 1. The quantitative estimate of drug-likeness (QED) is 0.320. The summed E-state index contributed by atoms with van der Waals surface area (Å²) in [6, 6.07) is 20.7. The topological polar surface area (TPSA) is 109 Å². The van der Waals surface area contributed by atoms with Crippen LogP contribution in [0.3, 0.4) is 0 Å². The molecule has 12 heteroatoms. The number of nitrogens with zero attached hydrogens (tertiary/aromatic N) is 3. The van der Waals surface area contributed by atoms with Crippen LogP contribution in [-0.4, -0.2) is 66.7 Å². The van der Waals surface area contributed by atoms with Gasteiger partial charge < -0.3 is 15.0 Å². The molecule has 4 aromatic rings. The first-order valence-electron chi connectivity index (χ1n) is 12.8. The number of sulfonamides is 1. The van der Waals surface area contributed by atoms with Crippen molar-refractivity contribution in [3.05, 3.63) is 101 Å². The molecular weight excluding hydrogens is 587 g/mol. The predicted molar refractivity (Wildman–Crippen MR) is 156 cm³/mol. The van der Waals surface area contributed by atoms with E-state index in [4.69, 9.17) is 27.9 Å². The Hall–Kier alpha value is -3.70. The van der Waals surface area contributed by atoms with Gasteiger partial charge in [0.1, 0.15) is 11.8 Å². The largest absolute Gasteiger partial charge is 0.484 e. The molecule has 0 radical (unpaired) electrons. The van der Waals surface area contributed by atoms with Crippen molar-refractivity contribution >= 4 is 55.9 Å². The lowest BCUT2D eigenvalue weighted by molar-refractivity contribution is -0.138. The summed E-state index contributed by atoms with van der Waals surface area (Å²) >= 11 is 12.2. The minimum Gasteiger partial charge on any atom is -0.484 e. The average Bonchev–Trinajstić information content (AvgIpc) is 2.99. The highest BCUT2D eigenvalue weighted by atomic mass is 35.5. The lowest BCUT2D eigenvalue weighted by Gasteiger charge is -2.39. The van der Waals surface area contributed by atoms with Crippen LogP contribution >= 0.6 is 23.2 Å². The van der Waals surface area contributed by atoms with Gasteiger partial charge in [0.25, 0.3) is 5.91 Å². The molecule has 1 fully saturated rings. The molecule has 1 unspecified atom stereocenters. The summed E-state index contributed by atoms with van der Waals surface area (Å²) in [5, 5.41) is 4.25. The van der Waals surface area contributed by atoms with Crippen molar-refractivity contribution in [2.75, 3.05) is 26.2 Å². The maximum absolute atomic E-state index is 13.9. The maximum Gasteiger partial charge on any atom is 0.260 e. The first-order chi connectivity index (χ1) is 19.7. The normalized spacial score (nSPS) is 16.0. The Balaban J connectivity index is 1.38. The van der Waals surface area contributed by atoms with Gasteiger partial charge in [-0.3, -0.25) is 14.6 Å². The maximum atomic E-state index is 13.9. The minimum absolute atomic E-state index is 0.0312. The second-order valence-electron chi connectivity index (χ2n) is 9.38. The number of hydrogen-bond acceptors (Lipinski definition) is 6. The van der Waals surface area contributed by atoms with E-state index < -0.39 is 22.0 Å². The lowest BCUT2D eigenvalue weighted by Crippen LogP contribution is -2.61. The molecule has 1 N–H and O–H groups in total. The number of benzene rings is 3. The Morgan fingerprint density at radius 3 is 2.56 bits per heavy atom. The van der Waals surface area contributed by atoms with Crippen LogP contribution in [0.15, 0.2) is 90.0 Å². The fraction of sp³-hybridized carbons (Fsp3) is 0.207. The third-order valence-electron chi connectivity index (χ3n) is 6.74. The summed E-state index contributed by atoms with van der Waals surface area (Å²) in [6.07, 6.45) is 1.63. The van der Waals surface area contributed by atoms with E-state index >= 15 is 0 Å². The zero-order valence-electron chi connectivity index (χ0n) is 21.7. The fourth-order valence-electron chi connectivity index (χ4n) is 4.56. The van der Waals surface area contributed by atoms with Crippen LogP contribution in [0.1, 0.15) is 5.56 Å². The zero-order chi connectivity index (χ0) is 29.0. The van der Waals surface area contributed by atoms with E-state index in [1.807, 2.05) is 6.07 Å². The van der Waals surface area contributed by atoms with Crippen molar-refractivity contribution in [2.45, 2.75) is 17.5 Å². The number of rotatable bonds is 8. The SMILES string of the molecule is O=C(NCc1ccc(Cl)cc1Cl)C1CN(C(=O)COc2ccccc2)CCN1S(=O)(=O)c1ccc2ncccc2c1. The summed E-state index contributed by atoms with van der Waals surface area (Å²) in [6.45, 7) is -0.330. The number of amides is 2. The molecule has 9 nitrogen and oxygen atoms in total. The van der Waals surface area contributed by atoms with Crippen molar-refractivity contribution < 1.29 is 22.7 Å². The van der Waals surface area contributed by atoms with Gasteiger partial charge in [0.15, 0.2) is 6.61 Å². The van der Waals surface area contributed by atoms with Crippen LogP contribution in [0.4, 0.5) is 0 Å². The Labute approximate surface area is 247 Å². The van der Waals surface area contributed by atoms with Gasteiger partial charge in [-0.15, -0.1) is 0 Å². The second kappa shape index (κ2) is 12.4. The number of piperazine rings is 1. The van der Waals surface area contributed by atoms with Crippen LogP contribution in [0, 0.1) is 0 Å². The molecule has 0 bridgehead atoms. The number of aromatic nitrogens is 1. The number of hydrogen-bond donors (Lipinski definition) is 1. The summed E-state index contributed by atoms with van der Waals surface area (Å²) in [7, 11) is -4.12. The molecule has 0 spiro atoms. The Morgan fingerprint density at radius 2 is 1.78 bits per heavy atom. The Bertz CT molecular complexity index is 1690.